The largest absolute Gasteiger partial charge is 0.497 e. The van der Waals surface area contributed by atoms with E-state index in [0.717, 1.165) is 42.9 Å². The van der Waals surface area contributed by atoms with Crippen LogP contribution < -0.4 is 10.1 Å². The molecule has 0 aromatic heterocycles. The van der Waals surface area contributed by atoms with Gasteiger partial charge < -0.3 is 24.4 Å². The summed E-state index contributed by atoms with van der Waals surface area (Å²) in [5.74, 6) is 1.06. The Morgan fingerprint density at radius 3 is 2.48 bits per heavy atom. The van der Waals surface area contributed by atoms with E-state index in [9.17, 15) is 4.79 Å². The Balaban J connectivity index is 1.36. The third kappa shape index (κ3) is 9.99. The molecule has 0 aliphatic carbocycles. The number of carbonyl (C=O) groups excluding carboxylic acids is 1. The number of ether oxygens (including phenoxy) is 3. The van der Waals surface area contributed by atoms with Crippen molar-refractivity contribution in [2.75, 3.05) is 46.6 Å². The highest BCUT2D eigenvalue weighted by Gasteiger charge is 2.32. The van der Waals surface area contributed by atoms with Crippen molar-refractivity contribution in [3.63, 3.8) is 0 Å². The number of methoxy groups -OCH3 is 1. The molecule has 1 N–H and O–H groups in total. The van der Waals surface area contributed by atoms with Gasteiger partial charge in [-0.3, -0.25) is 0 Å². The van der Waals surface area contributed by atoms with E-state index in [-0.39, 0.29) is 13.2 Å². The molecule has 3 aromatic carbocycles. The Kier molecular flexibility index (Phi) is 13.3. The molecular weight excluding hydrogens is 641 g/mol. The first-order valence-corrected chi connectivity index (χ1v) is 17.5. The summed E-state index contributed by atoms with van der Waals surface area (Å²) in [5.41, 5.74) is 4.14. The highest BCUT2D eigenvalue weighted by Crippen LogP contribution is 2.36. The summed E-state index contributed by atoms with van der Waals surface area (Å²) in [4.78, 5) is 21.3. The number of nitrogens with zero attached hydrogens (tertiary/aromatic N) is 2. The molecule has 2 heterocycles. The van der Waals surface area contributed by atoms with Crippen LogP contribution >= 0.6 is 35.0 Å². The first-order chi connectivity index (χ1) is 22.5. The van der Waals surface area contributed by atoms with E-state index in [0.29, 0.717) is 45.3 Å². The molecule has 1 fully saturated rings. The van der Waals surface area contributed by atoms with Crippen LogP contribution in [-0.4, -0.2) is 62.6 Å². The van der Waals surface area contributed by atoms with Crippen molar-refractivity contribution in [3.8, 4) is 5.75 Å². The van der Waals surface area contributed by atoms with Gasteiger partial charge in [-0.2, -0.15) is 0 Å². The zero-order valence-electron chi connectivity index (χ0n) is 26.2. The van der Waals surface area contributed by atoms with Gasteiger partial charge in [0.15, 0.2) is 5.17 Å². The third-order valence-corrected chi connectivity index (χ3v) is 9.75. The molecule has 2 aliphatic heterocycles. The molecule has 0 amide bonds. The second-order valence-electron chi connectivity index (χ2n) is 11.3. The first kappa shape index (κ1) is 34.3. The summed E-state index contributed by atoms with van der Waals surface area (Å²) < 4.78 is 17.4. The number of esters is 1. The number of piperidine rings is 1. The van der Waals surface area contributed by atoms with Crippen molar-refractivity contribution in [1.29, 1.82) is 0 Å². The van der Waals surface area contributed by atoms with Crippen LogP contribution in [0.4, 0.5) is 0 Å². The number of aryl methyl sites for hydroxylation is 1. The van der Waals surface area contributed by atoms with Crippen molar-refractivity contribution < 1.29 is 19.0 Å². The fourth-order valence-electron chi connectivity index (χ4n) is 5.51. The predicted octanol–water partition coefficient (Wildman–Crippen LogP) is 7.87. The van der Waals surface area contributed by atoms with Crippen LogP contribution in [0, 0.1) is 0 Å². The maximum atomic E-state index is 13.9. The summed E-state index contributed by atoms with van der Waals surface area (Å²) >= 11 is 14.3. The van der Waals surface area contributed by atoms with Crippen molar-refractivity contribution in [3.05, 3.63) is 111 Å². The number of thioether (sulfide) groups is 1. The number of halogens is 2. The second-order valence-corrected chi connectivity index (χ2v) is 13.1. The van der Waals surface area contributed by atoms with Gasteiger partial charge in [-0.25, -0.2) is 9.79 Å². The third-order valence-electron chi connectivity index (χ3n) is 8.05. The maximum Gasteiger partial charge on any atom is 0.338 e. The normalized spacial score (nSPS) is 16.9. The number of aliphatic imine (C=N–C) groups is 1. The van der Waals surface area contributed by atoms with Crippen LogP contribution in [0.25, 0.3) is 0 Å². The summed E-state index contributed by atoms with van der Waals surface area (Å²) in [7, 11) is 1.65. The minimum absolute atomic E-state index is 0.224. The lowest BCUT2D eigenvalue weighted by Gasteiger charge is -2.28. The highest BCUT2D eigenvalue weighted by molar-refractivity contribution is 8.13. The van der Waals surface area contributed by atoms with Crippen LogP contribution in [0.5, 0.6) is 5.75 Å². The van der Waals surface area contributed by atoms with E-state index in [1.165, 1.54) is 24.8 Å². The van der Waals surface area contributed by atoms with Crippen molar-refractivity contribution in [1.82, 2.24) is 10.2 Å². The molecule has 10 heteroatoms. The minimum atomic E-state index is -0.642. The Morgan fingerprint density at radius 2 is 1.74 bits per heavy atom. The topological polar surface area (TPSA) is 72.4 Å². The number of carbonyl (C=O) groups is 1. The van der Waals surface area contributed by atoms with Crippen LogP contribution in [0.2, 0.25) is 10.0 Å². The second kappa shape index (κ2) is 17.8. The molecule has 3 aromatic rings. The number of likely N-dealkylation sites (tertiary alicyclic amines) is 1. The Bertz CT molecular complexity index is 1490. The molecule has 0 radical (unpaired) electrons. The summed E-state index contributed by atoms with van der Waals surface area (Å²) in [5, 5.41) is 4.95. The van der Waals surface area contributed by atoms with Crippen LogP contribution in [0.1, 0.15) is 48.4 Å². The van der Waals surface area contributed by atoms with Gasteiger partial charge in [0.05, 0.1) is 48.2 Å². The highest BCUT2D eigenvalue weighted by atomic mass is 35.5. The predicted molar refractivity (Wildman–Crippen MR) is 188 cm³/mol. The van der Waals surface area contributed by atoms with Crippen molar-refractivity contribution in [2.45, 2.75) is 43.9 Å². The quantitative estimate of drug-likeness (QED) is 0.137. The van der Waals surface area contributed by atoms with E-state index < -0.39 is 12.0 Å². The van der Waals surface area contributed by atoms with Crippen LogP contribution in [0.3, 0.4) is 0 Å². The molecule has 1 unspecified atom stereocenters. The lowest BCUT2D eigenvalue weighted by molar-refractivity contribution is -0.139. The smallest absolute Gasteiger partial charge is 0.338 e. The molecule has 1 atom stereocenters. The monoisotopic (exact) mass is 681 g/mol. The number of hydrogen-bond donors (Lipinski definition) is 1. The number of rotatable bonds is 14. The Hall–Kier alpha value is -3.01. The summed E-state index contributed by atoms with van der Waals surface area (Å²) in [6.45, 7) is 4.13. The standard InChI is InChI=1S/C36H41Cl2N3O4S/c1-43-29-15-12-27(13-16-29)25-46-36-39-32(24-44-22-20-41-18-6-3-7-19-41)33(34(40-36)28-14-17-30(37)31(38)23-28)35(42)45-21-8-11-26-9-4-2-5-10-26/h2,4-5,9-10,12-17,23,34H,3,6-8,11,18-22,24-25H2,1H3,(H,39,40). The lowest BCUT2D eigenvalue weighted by Crippen LogP contribution is -2.35. The van der Waals surface area contributed by atoms with Crippen molar-refractivity contribution in [2.24, 2.45) is 4.99 Å². The zero-order valence-corrected chi connectivity index (χ0v) is 28.5. The number of hydrogen-bond acceptors (Lipinski definition) is 8. The zero-order chi connectivity index (χ0) is 32.1. The van der Waals surface area contributed by atoms with E-state index in [1.54, 1.807) is 31.0 Å². The maximum absolute atomic E-state index is 13.9. The van der Waals surface area contributed by atoms with Crippen LogP contribution in [-0.2, 0) is 26.4 Å². The molecule has 2 aliphatic rings. The van der Waals surface area contributed by atoms with Gasteiger partial charge in [-0.05, 0) is 79.7 Å². The van der Waals surface area contributed by atoms with Gasteiger partial charge >= 0.3 is 5.97 Å². The van der Waals surface area contributed by atoms with E-state index in [4.69, 9.17) is 42.4 Å². The van der Waals surface area contributed by atoms with E-state index >= 15 is 0 Å². The average molecular weight is 683 g/mol. The molecule has 1 saturated heterocycles. The average Bonchev–Trinajstić information content (AvgIpc) is 3.09. The van der Waals surface area contributed by atoms with Crippen molar-refractivity contribution >= 4 is 46.1 Å². The Morgan fingerprint density at radius 1 is 0.957 bits per heavy atom. The number of amidine groups is 1. The van der Waals surface area contributed by atoms with Gasteiger partial charge in [0.1, 0.15) is 11.8 Å². The van der Waals surface area contributed by atoms with Gasteiger partial charge in [-0.1, -0.05) is 89.9 Å². The fraction of sp³-hybridized carbons (Fsp3) is 0.389. The number of benzene rings is 3. The summed E-state index contributed by atoms with van der Waals surface area (Å²) in [6.07, 6.45) is 5.27. The van der Waals surface area contributed by atoms with Crippen LogP contribution in [0.15, 0.2) is 89.1 Å². The van der Waals surface area contributed by atoms with Gasteiger partial charge in [0.2, 0.25) is 0 Å². The Labute approximate surface area is 286 Å². The summed E-state index contributed by atoms with van der Waals surface area (Å²) in [6, 6.07) is 22.9. The number of nitrogens with one attached hydrogen (secondary N) is 1. The molecular formula is C36H41Cl2N3O4S. The lowest BCUT2D eigenvalue weighted by atomic mass is 9.96. The molecule has 46 heavy (non-hydrogen) atoms. The van der Waals surface area contributed by atoms with Gasteiger partial charge in [0, 0.05) is 12.3 Å². The van der Waals surface area contributed by atoms with Gasteiger partial charge in [-0.15, -0.1) is 0 Å². The van der Waals surface area contributed by atoms with E-state index in [2.05, 4.69) is 22.3 Å². The molecule has 5 rings (SSSR count). The molecule has 7 nitrogen and oxygen atoms in total. The molecule has 0 saturated carbocycles. The molecule has 0 bridgehead atoms. The molecule has 244 valence electrons. The SMILES string of the molecule is COc1ccc(CSC2=NC(c3ccc(Cl)c(Cl)c3)C(C(=O)OCCCc3ccccc3)=C(COCCN3CCCCC3)N2)cc1. The fourth-order valence-corrected chi connectivity index (χ4v) is 6.69. The minimum Gasteiger partial charge on any atom is -0.497 e. The van der Waals surface area contributed by atoms with Gasteiger partial charge in [0.25, 0.3) is 0 Å². The van der Waals surface area contributed by atoms with E-state index in [1.807, 2.05) is 48.5 Å². The molecule has 0 spiro atoms. The first-order valence-electron chi connectivity index (χ1n) is 15.8.